The van der Waals surface area contributed by atoms with Crippen LogP contribution in [0.2, 0.25) is 0 Å². The second-order valence-corrected chi connectivity index (χ2v) is 6.84. The van der Waals surface area contributed by atoms with Crippen molar-refractivity contribution in [1.29, 1.82) is 0 Å². The molecule has 1 aromatic rings. The Labute approximate surface area is 124 Å². The Hall–Kier alpha value is -0.820. The largest absolute Gasteiger partial charge is 0.388 e. The van der Waals surface area contributed by atoms with Crippen LogP contribution in [0.25, 0.3) is 0 Å². The van der Waals surface area contributed by atoms with Crippen LogP contribution in [0.5, 0.6) is 0 Å². The lowest BCUT2D eigenvalue weighted by Crippen LogP contribution is -2.20. The summed E-state index contributed by atoms with van der Waals surface area (Å²) in [6.07, 6.45) is 7.40. The first-order valence-electron chi connectivity index (χ1n) is 8.39. The van der Waals surface area contributed by atoms with Crippen molar-refractivity contribution < 1.29 is 5.11 Å². The molecule has 0 amide bonds. The number of rotatable bonds is 5. The number of aliphatic hydroxyl groups is 1. The van der Waals surface area contributed by atoms with E-state index in [1.807, 2.05) is 0 Å². The van der Waals surface area contributed by atoms with Crippen molar-refractivity contribution in [2.24, 2.45) is 11.8 Å². The van der Waals surface area contributed by atoms with Gasteiger partial charge in [0, 0.05) is 0 Å². The van der Waals surface area contributed by atoms with Crippen LogP contribution in [0.3, 0.4) is 0 Å². The van der Waals surface area contributed by atoms with Crippen LogP contribution in [-0.2, 0) is 0 Å². The van der Waals surface area contributed by atoms with Gasteiger partial charge in [0.25, 0.3) is 0 Å². The minimum atomic E-state index is -0.265. The number of hydrogen-bond donors (Lipinski definition) is 1. The van der Waals surface area contributed by atoms with Crippen LogP contribution >= 0.6 is 0 Å². The Morgan fingerprint density at radius 2 is 1.55 bits per heavy atom. The quantitative estimate of drug-likeness (QED) is 0.757. The van der Waals surface area contributed by atoms with Gasteiger partial charge in [0.2, 0.25) is 0 Å². The van der Waals surface area contributed by atoms with Crippen molar-refractivity contribution in [3.63, 3.8) is 0 Å². The molecular formula is C19H30O. The van der Waals surface area contributed by atoms with Crippen LogP contribution in [0, 0.1) is 11.8 Å². The second kappa shape index (κ2) is 7.26. The van der Waals surface area contributed by atoms with Gasteiger partial charge < -0.3 is 5.11 Å². The van der Waals surface area contributed by atoms with Gasteiger partial charge in [-0.3, -0.25) is 0 Å². The molecule has 1 N–H and O–H groups in total. The van der Waals surface area contributed by atoms with Gasteiger partial charge in [-0.05, 0) is 41.7 Å². The molecule has 0 aromatic heterocycles. The zero-order chi connectivity index (χ0) is 14.5. The smallest absolute Gasteiger partial charge is 0.0818 e. The Kier molecular flexibility index (Phi) is 5.65. The highest BCUT2D eigenvalue weighted by Gasteiger charge is 2.26. The zero-order valence-corrected chi connectivity index (χ0v) is 13.3. The van der Waals surface area contributed by atoms with Crippen LogP contribution in [0.1, 0.15) is 82.4 Å². The molecule has 1 heteroatoms. The maximum Gasteiger partial charge on any atom is 0.0818 e. The van der Waals surface area contributed by atoms with Crippen LogP contribution in [0.4, 0.5) is 0 Å². The van der Waals surface area contributed by atoms with Gasteiger partial charge in [0.1, 0.15) is 0 Å². The van der Waals surface area contributed by atoms with Crippen LogP contribution in [0.15, 0.2) is 24.3 Å². The Morgan fingerprint density at radius 3 is 2.05 bits per heavy atom. The summed E-state index contributed by atoms with van der Waals surface area (Å²) in [5.41, 5.74) is 2.46. The van der Waals surface area contributed by atoms with Gasteiger partial charge >= 0.3 is 0 Å². The molecular weight excluding hydrogens is 244 g/mol. The molecule has 1 aromatic carbocycles. The Balaban J connectivity index is 1.93. The number of benzene rings is 1. The van der Waals surface area contributed by atoms with E-state index in [0.29, 0.717) is 11.8 Å². The van der Waals surface area contributed by atoms with Crippen molar-refractivity contribution in [2.75, 3.05) is 0 Å². The molecule has 20 heavy (non-hydrogen) atoms. The third kappa shape index (κ3) is 3.85. The topological polar surface area (TPSA) is 20.2 Å². The van der Waals surface area contributed by atoms with E-state index in [4.69, 9.17) is 0 Å². The molecule has 0 bridgehead atoms. The fourth-order valence-electron chi connectivity index (χ4n) is 3.55. The number of aliphatic hydroxyl groups excluding tert-OH is 1. The van der Waals surface area contributed by atoms with E-state index < -0.39 is 0 Å². The van der Waals surface area contributed by atoms with Crippen LogP contribution in [-0.4, -0.2) is 5.11 Å². The lowest BCUT2D eigenvalue weighted by Gasteiger charge is -2.31. The summed E-state index contributed by atoms with van der Waals surface area (Å²) in [5.74, 6) is 1.94. The monoisotopic (exact) mass is 274 g/mol. The number of hydrogen-bond acceptors (Lipinski definition) is 1. The molecule has 2 rings (SSSR count). The fraction of sp³-hybridized carbons (Fsp3) is 0.684. The zero-order valence-electron chi connectivity index (χ0n) is 13.3. The summed E-state index contributed by atoms with van der Waals surface area (Å²) >= 11 is 0. The Morgan fingerprint density at radius 1 is 1.00 bits per heavy atom. The molecule has 1 atom stereocenters. The normalized spacial score (nSPS) is 24.9. The van der Waals surface area contributed by atoms with Gasteiger partial charge in [0.15, 0.2) is 0 Å². The van der Waals surface area contributed by atoms with Gasteiger partial charge in [-0.25, -0.2) is 0 Å². The van der Waals surface area contributed by atoms with Gasteiger partial charge in [-0.1, -0.05) is 70.7 Å². The molecule has 0 spiro atoms. The maximum atomic E-state index is 10.6. The molecule has 0 heterocycles. The second-order valence-electron chi connectivity index (χ2n) is 6.84. The highest BCUT2D eigenvalue weighted by Crippen LogP contribution is 2.38. The molecule has 1 unspecified atom stereocenters. The van der Waals surface area contributed by atoms with Gasteiger partial charge in [-0.2, -0.15) is 0 Å². The average molecular weight is 274 g/mol. The van der Waals surface area contributed by atoms with Crippen LogP contribution < -0.4 is 0 Å². The SMILES string of the molecule is CCCC1CCC(C(O)c2ccc(C(C)C)cc2)CC1. The molecule has 0 saturated heterocycles. The van der Waals surface area contributed by atoms with E-state index in [1.54, 1.807) is 0 Å². The summed E-state index contributed by atoms with van der Waals surface area (Å²) in [7, 11) is 0. The van der Waals surface area contributed by atoms with Crippen molar-refractivity contribution in [1.82, 2.24) is 0 Å². The minimum absolute atomic E-state index is 0.265. The van der Waals surface area contributed by atoms with E-state index in [-0.39, 0.29) is 6.10 Å². The molecule has 0 radical (unpaired) electrons. The first-order valence-corrected chi connectivity index (χ1v) is 8.39. The van der Waals surface area contributed by atoms with E-state index in [2.05, 4.69) is 45.0 Å². The van der Waals surface area contributed by atoms with E-state index in [9.17, 15) is 5.11 Å². The van der Waals surface area contributed by atoms with Crippen molar-refractivity contribution in [3.05, 3.63) is 35.4 Å². The Bertz CT molecular complexity index is 385. The third-order valence-corrected chi connectivity index (χ3v) is 4.98. The maximum absolute atomic E-state index is 10.6. The van der Waals surface area contributed by atoms with E-state index >= 15 is 0 Å². The molecule has 1 saturated carbocycles. The predicted octanol–water partition coefficient (Wildman–Crippen LogP) is 5.45. The summed E-state index contributed by atoms with van der Waals surface area (Å²) in [6, 6.07) is 8.59. The molecule has 1 fully saturated rings. The molecule has 112 valence electrons. The highest BCUT2D eigenvalue weighted by atomic mass is 16.3. The fourth-order valence-corrected chi connectivity index (χ4v) is 3.55. The lowest BCUT2D eigenvalue weighted by molar-refractivity contribution is 0.0722. The van der Waals surface area contributed by atoms with Crippen molar-refractivity contribution in [2.45, 2.75) is 71.3 Å². The van der Waals surface area contributed by atoms with E-state index in [0.717, 1.165) is 11.5 Å². The molecule has 0 aliphatic heterocycles. The summed E-state index contributed by atoms with van der Waals surface area (Å²) in [6.45, 7) is 6.69. The summed E-state index contributed by atoms with van der Waals surface area (Å²) in [4.78, 5) is 0. The summed E-state index contributed by atoms with van der Waals surface area (Å²) < 4.78 is 0. The third-order valence-electron chi connectivity index (χ3n) is 4.98. The van der Waals surface area contributed by atoms with Gasteiger partial charge in [-0.15, -0.1) is 0 Å². The lowest BCUT2D eigenvalue weighted by atomic mass is 9.76. The molecule has 1 nitrogen and oxygen atoms in total. The van der Waals surface area contributed by atoms with Crippen molar-refractivity contribution in [3.8, 4) is 0 Å². The predicted molar refractivity (Wildman–Crippen MR) is 85.8 cm³/mol. The first kappa shape index (κ1) is 15.6. The van der Waals surface area contributed by atoms with E-state index in [1.165, 1.54) is 44.1 Å². The average Bonchev–Trinajstić information content (AvgIpc) is 2.48. The van der Waals surface area contributed by atoms with Gasteiger partial charge in [0.05, 0.1) is 6.10 Å². The molecule has 1 aliphatic rings. The van der Waals surface area contributed by atoms with Crippen molar-refractivity contribution >= 4 is 0 Å². The summed E-state index contributed by atoms with van der Waals surface area (Å²) in [5, 5.41) is 10.6. The standard InChI is InChI=1S/C19H30O/c1-4-5-15-6-8-17(9-7-15)19(20)18-12-10-16(11-13-18)14(2)3/h10-15,17,19-20H,4-9H2,1-3H3. The molecule has 1 aliphatic carbocycles. The first-order chi connectivity index (χ1) is 9.61. The minimum Gasteiger partial charge on any atom is -0.388 e. The highest BCUT2D eigenvalue weighted by molar-refractivity contribution is 5.26.